The molecule has 15 heavy (non-hydrogen) atoms. The molecule has 0 spiro atoms. The number of carbonyl (C=O) groups excluding carboxylic acids is 1. The Morgan fingerprint density at radius 2 is 2.00 bits per heavy atom. The molecule has 0 aliphatic rings. The van der Waals surface area contributed by atoms with E-state index >= 15 is 0 Å². The van der Waals surface area contributed by atoms with Gasteiger partial charge in [0.05, 0.1) is 6.42 Å². The summed E-state index contributed by atoms with van der Waals surface area (Å²) >= 11 is 0. The SMILES string of the molecule is CCC(=O)N(CCCOC)CCC(=O)O. The van der Waals surface area contributed by atoms with E-state index in [1.54, 1.807) is 18.9 Å². The Bertz CT molecular complexity index is 206. The van der Waals surface area contributed by atoms with Crippen LogP contribution in [0.4, 0.5) is 0 Å². The Labute approximate surface area is 90.0 Å². The third-order valence-corrected chi connectivity index (χ3v) is 2.03. The normalized spacial score (nSPS) is 10.0. The summed E-state index contributed by atoms with van der Waals surface area (Å²) in [5.41, 5.74) is 0. The van der Waals surface area contributed by atoms with Crippen LogP contribution in [0.15, 0.2) is 0 Å². The van der Waals surface area contributed by atoms with Crippen LogP contribution in [0.5, 0.6) is 0 Å². The maximum Gasteiger partial charge on any atom is 0.305 e. The van der Waals surface area contributed by atoms with Crippen molar-refractivity contribution in [1.29, 1.82) is 0 Å². The molecule has 0 aliphatic heterocycles. The zero-order valence-corrected chi connectivity index (χ0v) is 9.36. The number of ether oxygens (including phenoxy) is 1. The maximum absolute atomic E-state index is 11.4. The van der Waals surface area contributed by atoms with Gasteiger partial charge in [0.1, 0.15) is 0 Å². The van der Waals surface area contributed by atoms with Crippen molar-refractivity contribution >= 4 is 11.9 Å². The lowest BCUT2D eigenvalue weighted by Gasteiger charge is -2.21. The first-order valence-corrected chi connectivity index (χ1v) is 5.10. The first-order valence-electron chi connectivity index (χ1n) is 5.10. The third kappa shape index (κ3) is 6.90. The molecule has 0 radical (unpaired) electrons. The van der Waals surface area contributed by atoms with Gasteiger partial charge in [-0.25, -0.2) is 0 Å². The van der Waals surface area contributed by atoms with Crippen LogP contribution in [0, 0.1) is 0 Å². The van der Waals surface area contributed by atoms with Crippen molar-refractivity contribution in [2.75, 3.05) is 26.8 Å². The summed E-state index contributed by atoms with van der Waals surface area (Å²) in [6.07, 6.45) is 1.15. The Balaban J connectivity index is 3.95. The minimum Gasteiger partial charge on any atom is -0.481 e. The number of nitrogens with zero attached hydrogens (tertiary/aromatic N) is 1. The van der Waals surface area contributed by atoms with Crippen molar-refractivity contribution in [3.05, 3.63) is 0 Å². The fraction of sp³-hybridized carbons (Fsp3) is 0.800. The van der Waals surface area contributed by atoms with Crippen LogP contribution in [0.25, 0.3) is 0 Å². The van der Waals surface area contributed by atoms with E-state index in [-0.39, 0.29) is 18.9 Å². The second kappa shape index (κ2) is 8.23. The van der Waals surface area contributed by atoms with E-state index < -0.39 is 5.97 Å². The van der Waals surface area contributed by atoms with Gasteiger partial charge >= 0.3 is 5.97 Å². The van der Waals surface area contributed by atoms with E-state index in [2.05, 4.69) is 0 Å². The standard InChI is InChI=1S/C10H19NO4/c1-3-9(12)11(6-4-8-15-2)7-5-10(13)14/h3-8H2,1-2H3,(H,13,14). The highest BCUT2D eigenvalue weighted by Crippen LogP contribution is 1.98. The van der Waals surface area contributed by atoms with Crippen molar-refractivity contribution in [2.45, 2.75) is 26.2 Å². The molecule has 0 aliphatic carbocycles. The molecule has 0 aromatic rings. The topological polar surface area (TPSA) is 66.8 Å². The predicted octanol–water partition coefficient (Wildman–Crippen LogP) is 0.736. The molecule has 0 rings (SSSR count). The van der Waals surface area contributed by atoms with Gasteiger partial charge in [-0.3, -0.25) is 9.59 Å². The molecule has 0 unspecified atom stereocenters. The molecule has 0 atom stereocenters. The monoisotopic (exact) mass is 217 g/mol. The molecule has 0 saturated carbocycles. The van der Waals surface area contributed by atoms with E-state index in [0.29, 0.717) is 19.6 Å². The number of hydrogen-bond acceptors (Lipinski definition) is 3. The van der Waals surface area contributed by atoms with Crippen molar-refractivity contribution in [3.63, 3.8) is 0 Å². The van der Waals surface area contributed by atoms with Gasteiger partial charge in [-0.2, -0.15) is 0 Å². The van der Waals surface area contributed by atoms with Crippen LogP contribution in [0.1, 0.15) is 26.2 Å². The summed E-state index contributed by atoms with van der Waals surface area (Å²) in [5, 5.41) is 8.53. The van der Waals surface area contributed by atoms with Gasteiger partial charge in [0.25, 0.3) is 0 Å². The average molecular weight is 217 g/mol. The zero-order valence-electron chi connectivity index (χ0n) is 9.36. The average Bonchev–Trinajstić information content (AvgIpc) is 2.21. The van der Waals surface area contributed by atoms with Crippen molar-refractivity contribution in [3.8, 4) is 0 Å². The number of carboxylic acids is 1. The predicted molar refractivity (Wildman–Crippen MR) is 55.6 cm³/mol. The highest BCUT2D eigenvalue weighted by Gasteiger charge is 2.12. The molecule has 1 amide bonds. The number of carbonyl (C=O) groups is 2. The van der Waals surface area contributed by atoms with E-state index in [0.717, 1.165) is 6.42 Å². The Morgan fingerprint density at radius 3 is 2.47 bits per heavy atom. The van der Waals surface area contributed by atoms with Crippen LogP contribution in [0.2, 0.25) is 0 Å². The van der Waals surface area contributed by atoms with Gasteiger partial charge in [-0.15, -0.1) is 0 Å². The third-order valence-electron chi connectivity index (χ3n) is 2.03. The number of methoxy groups -OCH3 is 1. The van der Waals surface area contributed by atoms with Gasteiger partial charge in [0.2, 0.25) is 5.91 Å². The Hall–Kier alpha value is -1.10. The lowest BCUT2D eigenvalue weighted by molar-refractivity contribution is -0.138. The molecule has 0 aromatic heterocycles. The Kier molecular flexibility index (Phi) is 7.62. The molecule has 0 saturated heterocycles. The number of amides is 1. The quantitative estimate of drug-likeness (QED) is 0.609. The molecule has 1 N–H and O–H groups in total. The van der Waals surface area contributed by atoms with Gasteiger partial charge in [-0.05, 0) is 6.42 Å². The van der Waals surface area contributed by atoms with E-state index in [4.69, 9.17) is 9.84 Å². The van der Waals surface area contributed by atoms with Crippen LogP contribution in [-0.2, 0) is 14.3 Å². The van der Waals surface area contributed by atoms with Crippen molar-refractivity contribution in [1.82, 2.24) is 4.90 Å². The summed E-state index contributed by atoms with van der Waals surface area (Å²) < 4.78 is 4.88. The van der Waals surface area contributed by atoms with Gasteiger partial charge < -0.3 is 14.7 Å². The Morgan fingerprint density at radius 1 is 1.33 bits per heavy atom. The van der Waals surface area contributed by atoms with Gasteiger partial charge in [-0.1, -0.05) is 6.92 Å². The molecule has 88 valence electrons. The fourth-order valence-electron chi connectivity index (χ4n) is 1.22. The molecule has 5 nitrogen and oxygen atoms in total. The highest BCUT2D eigenvalue weighted by atomic mass is 16.5. The van der Waals surface area contributed by atoms with E-state index in [1.165, 1.54) is 0 Å². The second-order valence-corrected chi connectivity index (χ2v) is 3.22. The molecule has 0 fully saturated rings. The summed E-state index contributed by atoms with van der Waals surface area (Å²) in [4.78, 5) is 23.4. The van der Waals surface area contributed by atoms with E-state index in [1.807, 2.05) is 0 Å². The molecule has 0 heterocycles. The highest BCUT2D eigenvalue weighted by molar-refractivity contribution is 5.76. The summed E-state index contributed by atoms with van der Waals surface area (Å²) in [6.45, 7) is 3.20. The summed E-state index contributed by atoms with van der Waals surface area (Å²) in [5.74, 6) is -0.886. The van der Waals surface area contributed by atoms with Crippen LogP contribution in [-0.4, -0.2) is 48.7 Å². The first-order chi connectivity index (χ1) is 7.11. The molecule has 0 bridgehead atoms. The minimum absolute atomic E-state index is 0.00127. The first kappa shape index (κ1) is 13.9. The van der Waals surface area contributed by atoms with Crippen LogP contribution >= 0.6 is 0 Å². The fourth-order valence-corrected chi connectivity index (χ4v) is 1.22. The summed E-state index contributed by atoms with van der Waals surface area (Å²) in [6, 6.07) is 0. The summed E-state index contributed by atoms with van der Waals surface area (Å²) in [7, 11) is 1.60. The van der Waals surface area contributed by atoms with Crippen molar-refractivity contribution < 1.29 is 19.4 Å². The number of rotatable bonds is 8. The van der Waals surface area contributed by atoms with Crippen LogP contribution in [0.3, 0.4) is 0 Å². The number of aliphatic carboxylic acids is 1. The lowest BCUT2D eigenvalue weighted by atomic mass is 10.3. The van der Waals surface area contributed by atoms with Gasteiger partial charge in [0, 0.05) is 33.2 Å². The van der Waals surface area contributed by atoms with Crippen molar-refractivity contribution in [2.24, 2.45) is 0 Å². The lowest BCUT2D eigenvalue weighted by Crippen LogP contribution is -2.33. The largest absolute Gasteiger partial charge is 0.481 e. The minimum atomic E-state index is -0.879. The smallest absolute Gasteiger partial charge is 0.305 e. The number of carboxylic acid groups (broad SMARTS) is 1. The molecule has 5 heteroatoms. The van der Waals surface area contributed by atoms with E-state index in [9.17, 15) is 9.59 Å². The second-order valence-electron chi connectivity index (χ2n) is 3.22. The number of hydrogen-bond donors (Lipinski definition) is 1. The maximum atomic E-state index is 11.4. The molecule has 0 aromatic carbocycles. The van der Waals surface area contributed by atoms with Gasteiger partial charge in [0.15, 0.2) is 0 Å². The molecular formula is C10H19NO4. The zero-order chi connectivity index (χ0) is 11.7. The van der Waals surface area contributed by atoms with Crippen LogP contribution < -0.4 is 0 Å². The molecular weight excluding hydrogens is 198 g/mol.